The summed E-state index contributed by atoms with van der Waals surface area (Å²) >= 11 is 0. The van der Waals surface area contributed by atoms with E-state index < -0.39 is 23.3 Å². The SMILES string of the molecule is CCN(CCC(N)c1cc(F)cc(F)c1)CC(C)(C)O. The first kappa shape index (κ1) is 17.0. The van der Waals surface area contributed by atoms with Crippen LogP contribution < -0.4 is 5.73 Å². The molecule has 0 aromatic heterocycles. The molecule has 0 saturated carbocycles. The normalized spacial score (nSPS) is 13.8. The zero-order valence-corrected chi connectivity index (χ0v) is 12.4. The molecule has 20 heavy (non-hydrogen) atoms. The number of aliphatic hydroxyl groups is 1. The van der Waals surface area contributed by atoms with E-state index >= 15 is 0 Å². The Kier molecular flexibility index (Phi) is 6.05. The molecule has 0 amide bonds. The Balaban J connectivity index is 2.59. The first-order valence-corrected chi connectivity index (χ1v) is 6.87. The van der Waals surface area contributed by atoms with Gasteiger partial charge in [-0.25, -0.2) is 8.78 Å². The van der Waals surface area contributed by atoms with E-state index in [0.29, 0.717) is 25.1 Å². The molecule has 1 unspecified atom stereocenters. The minimum Gasteiger partial charge on any atom is -0.389 e. The van der Waals surface area contributed by atoms with Crippen molar-refractivity contribution in [3.63, 3.8) is 0 Å². The Morgan fingerprint density at radius 1 is 1.25 bits per heavy atom. The van der Waals surface area contributed by atoms with Crippen LogP contribution in [0.2, 0.25) is 0 Å². The van der Waals surface area contributed by atoms with E-state index in [1.807, 2.05) is 6.92 Å². The summed E-state index contributed by atoms with van der Waals surface area (Å²) in [7, 11) is 0. The number of hydrogen-bond acceptors (Lipinski definition) is 3. The van der Waals surface area contributed by atoms with Crippen LogP contribution in [0.4, 0.5) is 8.78 Å². The molecule has 3 N–H and O–H groups in total. The smallest absolute Gasteiger partial charge is 0.126 e. The van der Waals surface area contributed by atoms with E-state index in [4.69, 9.17) is 5.73 Å². The molecule has 1 rings (SSSR count). The molecule has 5 heteroatoms. The Bertz CT molecular complexity index is 412. The second-order valence-electron chi connectivity index (χ2n) is 5.78. The van der Waals surface area contributed by atoms with Gasteiger partial charge in [-0.2, -0.15) is 0 Å². The second kappa shape index (κ2) is 7.11. The molecule has 0 spiro atoms. The van der Waals surface area contributed by atoms with Crippen LogP contribution in [-0.4, -0.2) is 35.2 Å². The van der Waals surface area contributed by atoms with E-state index in [2.05, 4.69) is 4.90 Å². The Morgan fingerprint density at radius 3 is 2.25 bits per heavy atom. The quantitative estimate of drug-likeness (QED) is 0.809. The summed E-state index contributed by atoms with van der Waals surface area (Å²) in [6.07, 6.45) is 0.576. The van der Waals surface area contributed by atoms with E-state index in [0.717, 1.165) is 12.6 Å². The van der Waals surface area contributed by atoms with E-state index in [1.165, 1.54) is 12.1 Å². The first-order valence-electron chi connectivity index (χ1n) is 6.87. The van der Waals surface area contributed by atoms with Gasteiger partial charge in [0.15, 0.2) is 0 Å². The lowest BCUT2D eigenvalue weighted by molar-refractivity contribution is 0.0370. The van der Waals surface area contributed by atoms with E-state index in [9.17, 15) is 13.9 Å². The fourth-order valence-corrected chi connectivity index (χ4v) is 2.17. The summed E-state index contributed by atoms with van der Waals surface area (Å²) in [5.41, 5.74) is 5.66. The topological polar surface area (TPSA) is 49.5 Å². The van der Waals surface area contributed by atoms with Crippen LogP contribution in [0.15, 0.2) is 18.2 Å². The van der Waals surface area contributed by atoms with Crippen molar-refractivity contribution in [2.75, 3.05) is 19.6 Å². The maximum absolute atomic E-state index is 13.1. The third-order valence-electron chi connectivity index (χ3n) is 3.13. The van der Waals surface area contributed by atoms with Gasteiger partial charge in [-0.05, 0) is 44.5 Å². The molecule has 0 aliphatic carbocycles. The van der Waals surface area contributed by atoms with Gasteiger partial charge in [-0.15, -0.1) is 0 Å². The number of likely N-dealkylation sites (N-methyl/N-ethyl adjacent to an activating group) is 1. The van der Waals surface area contributed by atoms with Crippen LogP contribution in [-0.2, 0) is 0 Å². The molecule has 1 aromatic carbocycles. The number of hydrogen-bond donors (Lipinski definition) is 2. The predicted molar refractivity (Wildman–Crippen MR) is 76.3 cm³/mol. The van der Waals surface area contributed by atoms with Crippen molar-refractivity contribution in [1.29, 1.82) is 0 Å². The van der Waals surface area contributed by atoms with Gasteiger partial charge >= 0.3 is 0 Å². The van der Waals surface area contributed by atoms with Gasteiger partial charge in [0, 0.05) is 25.2 Å². The summed E-state index contributed by atoms with van der Waals surface area (Å²) in [6.45, 7) is 7.48. The van der Waals surface area contributed by atoms with E-state index in [-0.39, 0.29) is 0 Å². The highest BCUT2D eigenvalue weighted by Gasteiger charge is 2.18. The highest BCUT2D eigenvalue weighted by atomic mass is 19.1. The Labute approximate surface area is 119 Å². The monoisotopic (exact) mass is 286 g/mol. The van der Waals surface area contributed by atoms with E-state index in [1.54, 1.807) is 13.8 Å². The highest BCUT2D eigenvalue weighted by molar-refractivity contribution is 5.21. The molecule has 0 bridgehead atoms. The van der Waals surface area contributed by atoms with Crippen LogP contribution in [0.25, 0.3) is 0 Å². The highest BCUT2D eigenvalue weighted by Crippen LogP contribution is 2.18. The molecule has 0 heterocycles. The maximum atomic E-state index is 13.1. The van der Waals surface area contributed by atoms with Gasteiger partial charge in [0.1, 0.15) is 11.6 Å². The molecule has 3 nitrogen and oxygen atoms in total. The third-order valence-corrected chi connectivity index (χ3v) is 3.13. The zero-order chi connectivity index (χ0) is 15.3. The summed E-state index contributed by atoms with van der Waals surface area (Å²) in [5.74, 6) is -1.22. The molecule has 0 fully saturated rings. The number of benzene rings is 1. The molecule has 0 aliphatic rings. The zero-order valence-electron chi connectivity index (χ0n) is 12.4. The lowest BCUT2D eigenvalue weighted by Crippen LogP contribution is -2.39. The van der Waals surface area contributed by atoms with Crippen LogP contribution >= 0.6 is 0 Å². The van der Waals surface area contributed by atoms with Crippen LogP contribution in [0, 0.1) is 11.6 Å². The molecule has 1 aromatic rings. The minimum atomic E-state index is -0.773. The lowest BCUT2D eigenvalue weighted by atomic mass is 10.0. The molecular formula is C15H24F2N2O. The molecule has 114 valence electrons. The van der Waals surface area contributed by atoms with Crippen LogP contribution in [0.5, 0.6) is 0 Å². The maximum Gasteiger partial charge on any atom is 0.126 e. The second-order valence-corrected chi connectivity index (χ2v) is 5.78. The van der Waals surface area contributed by atoms with Gasteiger partial charge in [-0.3, -0.25) is 0 Å². The minimum absolute atomic E-state index is 0.420. The van der Waals surface area contributed by atoms with Crippen LogP contribution in [0.3, 0.4) is 0 Å². The van der Waals surface area contributed by atoms with Crippen molar-refractivity contribution in [1.82, 2.24) is 4.90 Å². The van der Waals surface area contributed by atoms with Gasteiger partial charge in [-0.1, -0.05) is 6.92 Å². The largest absolute Gasteiger partial charge is 0.389 e. The number of rotatable bonds is 7. The van der Waals surface area contributed by atoms with Gasteiger partial charge in [0.05, 0.1) is 5.60 Å². The van der Waals surface area contributed by atoms with Crippen molar-refractivity contribution < 1.29 is 13.9 Å². The first-order chi connectivity index (χ1) is 9.21. The summed E-state index contributed by atoms with van der Waals surface area (Å²) < 4.78 is 26.3. The Hall–Kier alpha value is -1.04. The summed E-state index contributed by atoms with van der Waals surface area (Å²) in [6, 6.07) is 2.94. The molecule has 0 aliphatic heterocycles. The molecule has 1 atom stereocenters. The van der Waals surface area contributed by atoms with Gasteiger partial charge in [0.2, 0.25) is 0 Å². The van der Waals surface area contributed by atoms with Gasteiger partial charge in [0.25, 0.3) is 0 Å². The van der Waals surface area contributed by atoms with Crippen LogP contribution in [0.1, 0.15) is 38.8 Å². The van der Waals surface area contributed by atoms with Crippen molar-refractivity contribution in [3.05, 3.63) is 35.4 Å². The molecule has 0 radical (unpaired) electrons. The molecule has 0 saturated heterocycles. The number of nitrogens with zero attached hydrogens (tertiary/aromatic N) is 1. The number of halogens is 2. The summed E-state index contributed by atoms with van der Waals surface area (Å²) in [5, 5.41) is 9.80. The third kappa shape index (κ3) is 5.94. The fraction of sp³-hybridized carbons (Fsp3) is 0.600. The Morgan fingerprint density at radius 2 is 1.80 bits per heavy atom. The van der Waals surface area contributed by atoms with Crippen molar-refractivity contribution in [2.24, 2.45) is 5.73 Å². The van der Waals surface area contributed by atoms with Gasteiger partial charge < -0.3 is 15.7 Å². The lowest BCUT2D eigenvalue weighted by Gasteiger charge is -2.28. The van der Waals surface area contributed by atoms with Crippen molar-refractivity contribution in [2.45, 2.75) is 38.8 Å². The van der Waals surface area contributed by atoms with Crippen molar-refractivity contribution in [3.8, 4) is 0 Å². The standard InChI is InChI=1S/C15H24F2N2O/c1-4-19(10-15(2,3)20)6-5-14(18)11-7-12(16)9-13(17)8-11/h7-9,14,20H,4-6,10,18H2,1-3H3. The number of nitrogens with two attached hydrogens (primary N) is 1. The van der Waals surface area contributed by atoms with Crippen molar-refractivity contribution >= 4 is 0 Å². The average Bonchev–Trinajstić information content (AvgIpc) is 2.31. The summed E-state index contributed by atoms with van der Waals surface area (Å²) in [4.78, 5) is 2.06. The molecular weight excluding hydrogens is 262 g/mol. The average molecular weight is 286 g/mol. The predicted octanol–water partition coefficient (Wildman–Crippen LogP) is 2.45. The fourth-order valence-electron chi connectivity index (χ4n) is 2.17.